The zero-order valence-corrected chi connectivity index (χ0v) is 14.0. The molecular formula is C15H16Cl2FN5. The van der Waals surface area contributed by atoms with Crippen LogP contribution in [0.1, 0.15) is 5.56 Å². The topological polar surface area (TPSA) is 68.8 Å². The SMILES string of the molecule is Cl.Cl.Cn1cc(-c2ccc3c(c2F)CCN3)c2c(N)ncnc21. The highest BCUT2D eigenvalue weighted by molar-refractivity contribution is 6.01. The van der Waals surface area contributed by atoms with Gasteiger partial charge >= 0.3 is 0 Å². The Bertz CT molecular complexity index is 878. The molecule has 23 heavy (non-hydrogen) atoms. The molecule has 4 rings (SSSR count). The van der Waals surface area contributed by atoms with Gasteiger partial charge in [-0.15, -0.1) is 24.8 Å². The van der Waals surface area contributed by atoms with Gasteiger partial charge in [-0.1, -0.05) is 0 Å². The van der Waals surface area contributed by atoms with E-state index in [-0.39, 0.29) is 30.6 Å². The number of halogens is 3. The van der Waals surface area contributed by atoms with Gasteiger partial charge in [-0.25, -0.2) is 14.4 Å². The number of nitrogens with two attached hydrogens (primary N) is 1. The summed E-state index contributed by atoms with van der Waals surface area (Å²) >= 11 is 0. The third kappa shape index (κ3) is 2.48. The number of rotatable bonds is 1. The Morgan fingerprint density at radius 2 is 2.00 bits per heavy atom. The summed E-state index contributed by atoms with van der Waals surface area (Å²) in [4.78, 5) is 8.25. The number of nitrogens with zero attached hydrogens (tertiary/aromatic N) is 3. The number of aromatic nitrogens is 3. The first-order valence-electron chi connectivity index (χ1n) is 6.78. The lowest BCUT2D eigenvalue weighted by Gasteiger charge is -2.07. The Morgan fingerprint density at radius 1 is 1.22 bits per heavy atom. The summed E-state index contributed by atoms with van der Waals surface area (Å²) in [6.07, 6.45) is 3.97. The molecule has 3 aromatic rings. The minimum absolute atomic E-state index is 0. The van der Waals surface area contributed by atoms with Gasteiger partial charge < -0.3 is 15.6 Å². The molecule has 0 spiro atoms. The molecule has 0 unspecified atom stereocenters. The monoisotopic (exact) mass is 355 g/mol. The van der Waals surface area contributed by atoms with Gasteiger partial charge in [0.25, 0.3) is 0 Å². The summed E-state index contributed by atoms with van der Waals surface area (Å²) in [6, 6.07) is 3.70. The van der Waals surface area contributed by atoms with Gasteiger partial charge in [-0.3, -0.25) is 0 Å². The molecule has 3 heterocycles. The van der Waals surface area contributed by atoms with Crippen LogP contribution < -0.4 is 11.1 Å². The average molecular weight is 356 g/mol. The minimum Gasteiger partial charge on any atom is -0.384 e. The molecule has 0 radical (unpaired) electrons. The summed E-state index contributed by atoms with van der Waals surface area (Å²) in [5.74, 6) is 0.182. The molecule has 3 N–H and O–H groups in total. The summed E-state index contributed by atoms with van der Waals surface area (Å²) in [5, 5.41) is 3.88. The van der Waals surface area contributed by atoms with E-state index in [9.17, 15) is 4.39 Å². The van der Waals surface area contributed by atoms with E-state index in [1.165, 1.54) is 6.33 Å². The molecule has 0 saturated heterocycles. The Hall–Kier alpha value is -2.05. The van der Waals surface area contributed by atoms with Crippen molar-refractivity contribution in [3.05, 3.63) is 36.0 Å². The predicted octanol–water partition coefficient (Wildman–Crippen LogP) is 3.17. The maximum Gasteiger partial charge on any atom is 0.145 e. The molecule has 0 atom stereocenters. The van der Waals surface area contributed by atoms with Gasteiger partial charge in [0.1, 0.15) is 23.6 Å². The van der Waals surface area contributed by atoms with E-state index in [4.69, 9.17) is 5.73 Å². The predicted molar refractivity (Wildman–Crippen MR) is 95.0 cm³/mol. The van der Waals surface area contributed by atoms with Crippen molar-refractivity contribution in [1.29, 1.82) is 0 Å². The van der Waals surface area contributed by atoms with Gasteiger partial charge in [-0.2, -0.15) is 0 Å². The Kier molecular flexibility index (Phi) is 4.68. The summed E-state index contributed by atoms with van der Waals surface area (Å²) in [6.45, 7) is 0.774. The normalized spacial score (nSPS) is 12.3. The zero-order chi connectivity index (χ0) is 14.6. The smallest absolute Gasteiger partial charge is 0.145 e. The summed E-state index contributed by atoms with van der Waals surface area (Å²) in [5.41, 5.74) is 9.57. The van der Waals surface area contributed by atoms with Crippen molar-refractivity contribution in [1.82, 2.24) is 14.5 Å². The highest BCUT2D eigenvalue weighted by Gasteiger charge is 2.21. The van der Waals surface area contributed by atoms with E-state index in [0.29, 0.717) is 28.8 Å². The van der Waals surface area contributed by atoms with E-state index in [1.54, 1.807) is 6.07 Å². The lowest BCUT2D eigenvalue weighted by atomic mass is 10.0. The minimum atomic E-state index is -0.187. The molecular weight excluding hydrogens is 340 g/mol. The van der Waals surface area contributed by atoms with Crippen molar-refractivity contribution in [2.24, 2.45) is 7.05 Å². The molecule has 0 fully saturated rings. The number of hydrogen-bond acceptors (Lipinski definition) is 4. The van der Waals surface area contributed by atoms with Crippen LogP contribution in [0.2, 0.25) is 0 Å². The van der Waals surface area contributed by atoms with Crippen LogP contribution in [0.5, 0.6) is 0 Å². The third-order valence-corrected chi connectivity index (χ3v) is 4.01. The van der Waals surface area contributed by atoms with Crippen LogP contribution in [0, 0.1) is 5.82 Å². The van der Waals surface area contributed by atoms with Crippen LogP contribution in [-0.2, 0) is 13.5 Å². The first kappa shape index (κ1) is 17.3. The van der Waals surface area contributed by atoms with Gasteiger partial charge in [0.15, 0.2) is 0 Å². The van der Waals surface area contributed by atoms with Gasteiger partial charge in [0.2, 0.25) is 0 Å². The number of aryl methyl sites for hydroxylation is 1. The van der Waals surface area contributed by atoms with E-state index < -0.39 is 0 Å². The van der Waals surface area contributed by atoms with Crippen LogP contribution in [0.4, 0.5) is 15.9 Å². The van der Waals surface area contributed by atoms with Crippen molar-refractivity contribution >= 4 is 47.4 Å². The molecule has 1 aromatic carbocycles. The van der Waals surface area contributed by atoms with E-state index in [2.05, 4.69) is 15.3 Å². The van der Waals surface area contributed by atoms with Gasteiger partial charge in [0.05, 0.1) is 5.39 Å². The number of anilines is 2. The number of benzene rings is 1. The van der Waals surface area contributed by atoms with E-state index in [0.717, 1.165) is 23.4 Å². The number of nitrogen functional groups attached to an aromatic ring is 1. The highest BCUT2D eigenvalue weighted by Crippen LogP contribution is 2.37. The van der Waals surface area contributed by atoms with E-state index >= 15 is 0 Å². The maximum atomic E-state index is 14.8. The van der Waals surface area contributed by atoms with Crippen molar-refractivity contribution in [3.63, 3.8) is 0 Å². The first-order chi connectivity index (χ1) is 10.2. The molecule has 5 nitrogen and oxygen atoms in total. The average Bonchev–Trinajstić information content (AvgIpc) is 3.06. The second-order valence-corrected chi connectivity index (χ2v) is 5.24. The fourth-order valence-electron chi connectivity index (χ4n) is 3.00. The van der Waals surface area contributed by atoms with Crippen LogP contribution in [0.15, 0.2) is 24.7 Å². The Balaban J connectivity index is 0.000000960. The second kappa shape index (κ2) is 6.22. The van der Waals surface area contributed by atoms with Crippen LogP contribution >= 0.6 is 24.8 Å². The summed E-state index contributed by atoms with van der Waals surface area (Å²) < 4.78 is 16.6. The molecule has 8 heteroatoms. The van der Waals surface area contributed by atoms with Crippen molar-refractivity contribution in [3.8, 4) is 11.1 Å². The number of fused-ring (bicyclic) bond motifs is 2. The molecule has 0 bridgehead atoms. The Labute approximate surface area is 144 Å². The molecule has 0 amide bonds. The van der Waals surface area contributed by atoms with Crippen LogP contribution in [0.25, 0.3) is 22.2 Å². The van der Waals surface area contributed by atoms with Crippen LogP contribution in [-0.4, -0.2) is 21.1 Å². The fraction of sp³-hybridized carbons (Fsp3) is 0.200. The first-order valence-corrected chi connectivity index (χ1v) is 6.78. The molecule has 0 saturated carbocycles. The standard InChI is InChI=1S/C15H14FN5.2ClH/c1-21-6-10(12-14(17)19-7-20-15(12)21)8-2-3-11-9(13(8)16)4-5-18-11;;/h2-3,6-7,18H,4-5H2,1H3,(H2,17,19,20);2*1H. The lowest BCUT2D eigenvalue weighted by Crippen LogP contribution is -1.95. The molecule has 0 aliphatic carbocycles. The number of nitrogens with one attached hydrogen (secondary N) is 1. The van der Waals surface area contributed by atoms with Gasteiger partial charge in [-0.05, 0) is 18.6 Å². The Morgan fingerprint density at radius 3 is 2.78 bits per heavy atom. The van der Waals surface area contributed by atoms with Crippen molar-refractivity contribution < 1.29 is 4.39 Å². The third-order valence-electron chi connectivity index (χ3n) is 4.01. The van der Waals surface area contributed by atoms with Crippen molar-refractivity contribution in [2.45, 2.75) is 6.42 Å². The molecule has 2 aromatic heterocycles. The fourth-order valence-corrected chi connectivity index (χ4v) is 3.00. The van der Waals surface area contributed by atoms with Gasteiger partial charge in [0, 0.05) is 42.2 Å². The van der Waals surface area contributed by atoms with Crippen molar-refractivity contribution in [2.75, 3.05) is 17.6 Å². The summed E-state index contributed by atoms with van der Waals surface area (Å²) in [7, 11) is 1.87. The largest absolute Gasteiger partial charge is 0.384 e. The van der Waals surface area contributed by atoms with Crippen LogP contribution in [0.3, 0.4) is 0 Å². The number of hydrogen-bond donors (Lipinski definition) is 2. The molecule has 1 aliphatic rings. The highest BCUT2D eigenvalue weighted by atomic mass is 35.5. The van der Waals surface area contributed by atoms with E-state index in [1.807, 2.05) is 23.9 Å². The second-order valence-electron chi connectivity index (χ2n) is 5.24. The quantitative estimate of drug-likeness (QED) is 0.703. The molecule has 122 valence electrons. The zero-order valence-electron chi connectivity index (χ0n) is 12.3. The maximum absolute atomic E-state index is 14.8. The molecule has 1 aliphatic heterocycles. The lowest BCUT2D eigenvalue weighted by molar-refractivity contribution is 0.619.